The third-order valence-corrected chi connectivity index (χ3v) is 4.36. The lowest BCUT2D eigenvalue weighted by atomic mass is 9.96. The topological polar surface area (TPSA) is 38.5 Å². The molecule has 1 atom stereocenters. The molecule has 1 aliphatic rings. The van der Waals surface area contributed by atoms with Crippen molar-refractivity contribution in [2.24, 2.45) is 11.7 Å². The summed E-state index contributed by atoms with van der Waals surface area (Å²) in [6.07, 6.45) is 5.39. The number of benzene rings is 1. The second-order valence-electron chi connectivity index (χ2n) is 5.57. The number of nitrogens with two attached hydrogens (primary N) is 1. The van der Waals surface area contributed by atoms with Crippen molar-refractivity contribution in [2.75, 3.05) is 20.7 Å². The fourth-order valence-corrected chi connectivity index (χ4v) is 3.29. The van der Waals surface area contributed by atoms with Crippen LogP contribution in [0.1, 0.15) is 31.2 Å². The van der Waals surface area contributed by atoms with Crippen LogP contribution in [-0.4, -0.2) is 31.6 Å². The maximum Gasteiger partial charge on any atom is 0.123 e. The Morgan fingerprint density at radius 1 is 1.32 bits per heavy atom. The minimum Gasteiger partial charge on any atom is -0.496 e. The molecule has 0 heterocycles. The fraction of sp³-hybridized carbons (Fsp3) is 0.625. The standard InChI is InChI=1S/C16H26N2O/c1-18(15(11-17)13-7-3-4-8-13)12-14-9-5-6-10-16(14)19-2/h5-6,9-10,13,15H,3-4,7-8,11-12,17H2,1-2H3. The summed E-state index contributed by atoms with van der Waals surface area (Å²) < 4.78 is 5.43. The predicted molar refractivity (Wildman–Crippen MR) is 79.3 cm³/mol. The molecule has 1 unspecified atom stereocenters. The molecule has 3 nitrogen and oxygen atoms in total. The molecule has 106 valence electrons. The first kappa shape index (κ1) is 14.4. The molecule has 1 aromatic rings. The molecule has 2 rings (SSSR count). The van der Waals surface area contributed by atoms with Gasteiger partial charge in [-0.2, -0.15) is 0 Å². The van der Waals surface area contributed by atoms with Crippen molar-refractivity contribution in [3.05, 3.63) is 29.8 Å². The summed E-state index contributed by atoms with van der Waals surface area (Å²) in [6.45, 7) is 1.65. The molecule has 2 N–H and O–H groups in total. The number of ether oxygens (including phenoxy) is 1. The summed E-state index contributed by atoms with van der Waals surface area (Å²) in [5.74, 6) is 1.74. The Labute approximate surface area is 116 Å². The summed E-state index contributed by atoms with van der Waals surface area (Å²) in [6, 6.07) is 8.74. The third-order valence-electron chi connectivity index (χ3n) is 4.36. The van der Waals surface area contributed by atoms with Gasteiger partial charge in [-0.25, -0.2) is 0 Å². The van der Waals surface area contributed by atoms with E-state index in [2.05, 4.69) is 24.1 Å². The second-order valence-corrected chi connectivity index (χ2v) is 5.57. The van der Waals surface area contributed by atoms with Crippen molar-refractivity contribution in [2.45, 2.75) is 38.3 Å². The van der Waals surface area contributed by atoms with Gasteiger partial charge >= 0.3 is 0 Å². The number of nitrogens with zero attached hydrogens (tertiary/aromatic N) is 1. The van der Waals surface area contributed by atoms with Crippen LogP contribution in [0.4, 0.5) is 0 Å². The van der Waals surface area contributed by atoms with E-state index < -0.39 is 0 Å². The third kappa shape index (κ3) is 3.48. The summed E-state index contributed by atoms with van der Waals surface area (Å²) in [5.41, 5.74) is 7.24. The summed E-state index contributed by atoms with van der Waals surface area (Å²) in [5, 5.41) is 0. The fourth-order valence-electron chi connectivity index (χ4n) is 3.29. The van der Waals surface area contributed by atoms with Gasteiger partial charge in [0.1, 0.15) is 5.75 Å². The number of hydrogen-bond acceptors (Lipinski definition) is 3. The van der Waals surface area contributed by atoms with E-state index in [0.717, 1.165) is 24.8 Å². The van der Waals surface area contributed by atoms with Gasteiger partial charge < -0.3 is 10.5 Å². The highest BCUT2D eigenvalue weighted by molar-refractivity contribution is 5.33. The average molecular weight is 262 g/mol. The van der Waals surface area contributed by atoms with E-state index in [1.807, 2.05) is 12.1 Å². The second kappa shape index (κ2) is 6.92. The largest absolute Gasteiger partial charge is 0.496 e. The highest BCUT2D eigenvalue weighted by Gasteiger charge is 2.27. The van der Waals surface area contributed by atoms with Crippen LogP contribution in [0.5, 0.6) is 5.75 Å². The molecular weight excluding hydrogens is 236 g/mol. The molecule has 1 saturated carbocycles. The maximum absolute atomic E-state index is 6.00. The van der Waals surface area contributed by atoms with Crippen molar-refractivity contribution < 1.29 is 4.74 Å². The van der Waals surface area contributed by atoms with E-state index in [1.54, 1.807) is 7.11 Å². The minimum absolute atomic E-state index is 0.493. The van der Waals surface area contributed by atoms with Crippen LogP contribution < -0.4 is 10.5 Å². The van der Waals surface area contributed by atoms with Crippen molar-refractivity contribution in [3.8, 4) is 5.75 Å². The Bertz CT molecular complexity index is 388. The Morgan fingerprint density at radius 2 is 2.00 bits per heavy atom. The van der Waals surface area contributed by atoms with Crippen molar-refractivity contribution >= 4 is 0 Å². The first-order valence-electron chi connectivity index (χ1n) is 7.28. The van der Waals surface area contributed by atoms with E-state index in [-0.39, 0.29) is 0 Å². The molecule has 1 aliphatic carbocycles. The molecule has 0 spiro atoms. The van der Waals surface area contributed by atoms with Gasteiger partial charge in [-0.1, -0.05) is 31.0 Å². The van der Waals surface area contributed by atoms with Crippen LogP contribution >= 0.6 is 0 Å². The van der Waals surface area contributed by atoms with Crippen molar-refractivity contribution in [1.82, 2.24) is 4.90 Å². The minimum atomic E-state index is 0.493. The average Bonchev–Trinajstić information content (AvgIpc) is 2.94. The van der Waals surface area contributed by atoms with Crippen LogP contribution in [0.15, 0.2) is 24.3 Å². The van der Waals surface area contributed by atoms with Gasteiger partial charge in [0.2, 0.25) is 0 Å². The predicted octanol–water partition coefficient (Wildman–Crippen LogP) is 2.64. The molecular formula is C16H26N2O. The number of rotatable bonds is 6. The van der Waals surface area contributed by atoms with Crippen LogP contribution in [0.2, 0.25) is 0 Å². The zero-order chi connectivity index (χ0) is 13.7. The van der Waals surface area contributed by atoms with Gasteiger partial charge in [0.15, 0.2) is 0 Å². The van der Waals surface area contributed by atoms with E-state index >= 15 is 0 Å². The molecule has 0 amide bonds. The van der Waals surface area contributed by atoms with Crippen molar-refractivity contribution in [3.63, 3.8) is 0 Å². The van der Waals surface area contributed by atoms with Crippen LogP contribution in [0, 0.1) is 5.92 Å². The monoisotopic (exact) mass is 262 g/mol. The van der Waals surface area contributed by atoms with Crippen LogP contribution in [0.25, 0.3) is 0 Å². The first-order valence-corrected chi connectivity index (χ1v) is 7.28. The highest BCUT2D eigenvalue weighted by atomic mass is 16.5. The number of methoxy groups -OCH3 is 1. The van der Waals surface area contributed by atoms with Gasteiger partial charge in [0.25, 0.3) is 0 Å². The highest BCUT2D eigenvalue weighted by Crippen LogP contribution is 2.30. The first-order chi connectivity index (χ1) is 9.26. The molecule has 0 radical (unpaired) electrons. The summed E-state index contributed by atoms with van der Waals surface area (Å²) in [4.78, 5) is 2.40. The zero-order valence-electron chi connectivity index (χ0n) is 12.1. The van der Waals surface area contributed by atoms with Gasteiger partial charge in [0, 0.05) is 24.7 Å². The van der Waals surface area contributed by atoms with E-state index in [4.69, 9.17) is 10.5 Å². The van der Waals surface area contributed by atoms with Crippen LogP contribution in [0.3, 0.4) is 0 Å². The van der Waals surface area contributed by atoms with Gasteiger partial charge in [0.05, 0.1) is 7.11 Å². The zero-order valence-corrected chi connectivity index (χ0v) is 12.1. The van der Waals surface area contributed by atoms with Crippen molar-refractivity contribution in [1.29, 1.82) is 0 Å². The van der Waals surface area contributed by atoms with Gasteiger partial charge in [-0.3, -0.25) is 4.90 Å². The van der Waals surface area contributed by atoms with E-state index in [0.29, 0.717) is 6.04 Å². The maximum atomic E-state index is 6.00. The quantitative estimate of drug-likeness (QED) is 0.856. The molecule has 1 aromatic carbocycles. The molecule has 0 saturated heterocycles. The normalized spacial score (nSPS) is 17.9. The number of hydrogen-bond donors (Lipinski definition) is 1. The van der Waals surface area contributed by atoms with Crippen LogP contribution in [-0.2, 0) is 6.54 Å². The Balaban J connectivity index is 2.03. The molecule has 0 aromatic heterocycles. The molecule has 3 heteroatoms. The molecule has 0 aliphatic heterocycles. The summed E-state index contributed by atoms with van der Waals surface area (Å²) >= 11 is 0. The lowest BCUT2D eigenvalue weighted by molar-refractivity contribution is 0.172. The van der Waals surface area contributed by atoms with E-state index in [1.165, 1.54) is 31.2 Å². The summed E-state index contributed by atoms with van der Waals surface area (Å²) in [7, 11) is 3.92. The van der Waals surface area contributed by atoms with Gasteiger partial charge in [-0.05, 0) is 31.9 Å². The Morgan fingerprint density at radius 3 is 2.63 bits per heavy atom. The Hall–Kier alpha value is -1.06. The van der Waals surface area contributed by atoms with E-state index in [9.17, 15) is 0 Å². The smallest absolute Gasteiger partial charge is 0.123 e. The molecule has 0 bridgehead atoms. The lowest BCUT2D eigenvalue weighted by Gasteiger charge is -2.32. The number of likely N-dealkylation sites (N-methyl/N-ethyl adjacent to an activating group) is 1. The molecule has 19 heavy (non-hydrogen) atoms. The Kier molecular flexibility index (Phi) is 5.23. The molecule has 1 fully saturated rings. The van der Waals surface area contributed by atoms with Gasteiger partial charge in [-0.15, -0.1) is 0 Å². The SMILES string of the molecule is COc1ccccc1CN(C)C(CN)C1CCCC1. The number of para-hydroxylation sites is 1. The lowest BCUT2D eigenvalue weighted by Crippen LogP contribution is -2.42.